The van der Waals surface area contributed by atoms with E-state index in [1.165, 1.54) is 4.90 Å². The molecule has 1 aromatic rings. The second-order valence-electron chi connectivity index (χ2n) is 4.84. The van der Waals surface area contributed by atoms with Gasteiger partial charge in [-0.25, -0.2) is 0 Å². The Hall–Kier alpha value is -1.59. The quantitative estimate of drug-likeness (QED) is 0.797. The smallest absolute Gasteiger partial charge is 0.243 e. The number of benzene rings is 1. The highest BCUT2D eigenvalue weighted by Crippen LogP contribution is 2.17. The first-order valence-electron chi connectivity index (χ1n) is 6.62. The summed E-state index contributed by atoms with van der Waals surface area (Å²) in [5.74, 6) is -0.127. The molecule has 20 heavy (non-hydrogen) atoms. The second-order valence-corrected chi connectivity index (χ2v) is 5.27. The SMILES string of the molecule is NCc1ccc(Cl)cc1CNC(=O)[C@@H]1CCCN1C=O. The Morgan fingerprint density at radius 2 is 2.30 bits per heavy atom. The number of nitrogens with two attached hydrogens (primary N) is 1. The molecule has 1 aliphatic heterocycles. The van der Waals surface area contributed by atoms with Crippen LogP contribution in [0.25, 0.3) is 0 Å². The zero-order chi connectivity index (χ0) is 14.5. The third kappa shape index (κ3) is 3.29. The van der Waals surface area contributed by atoms with Crippen LogP contribution in [0, 0.1) is 0 Å². The minimum Gasteiger partial charge on any atom is -0.350 e. The summed E-state index contributed by atoms with van der Waals surface area (Å²) in [6, 6.07) is 5.08. The zero-order valence-electron chi connectivity index (χ0n) is 11.1. The molecule has 1 atom stereocenters. The van der Waals surface area contributed by atoms with Crippen LogP contribution < -0.4 is 11.1 Å². The van der Waals surface area contributed by atoms with Gasteiger partial charge in [-0.2, -0.15) is 0 Å². The molecule has 2 rings (SSSR count). The van der Waals surface area contributed by atoms with E-state index in [-0.39, 0.29) is 11.9 Å². The number of halogens is 1. The van der Waals surface area contributed by atoms with E-state index < -0.39 is 0 Å². The van der Waals surface area contributed by atoms with E-state index in [0.29, 0.717) is 31.1 Å². The molecule has 2 amide bonds. The van der Waals surface area contributed by atoms with E-state index in [0.717, 1.165) is 24.0 Å². The van der Waals surface area contributed by atoms with Crippen LogP contribution in [0.15, 0.2) is 18.2 Å². The fraction of sp³-hybridized carbons (Fsp3) is 0.429. The summed E-state index contributed by atoms with van der Waals surface area (Å²) in [6.45, 7) is 1.41. The summed E-state index contributed by atoms with van der Waals surface area (Å²) in [5, 5.41) is 3.47. The molecule has 1 fully saturated rings. The summed E-state index contributed by atoms with van der Waals surface area (Å²) < 4.78 is 0. The molecule has 0 aromatic heterocycles. The first-order valence-corrected chi connectivity index (χ1v) is 6.99. The number of nitrogens with zero attached hydrogens (tertiary/aromatic N) is 1. The Bertz CT molecular complexity index is 507. The van der Waals surface area contributed by atoms with Gasteiger partial charge in [0.25, 0.3) is 0 Å². The minimum absolute atomic E-state index is 0.127. The van der Waals surface area contributed by atoms with Crippen molar-refractivity contribution in [3.05, 3.63) is 34.3 Å². The first-order chi connectivity index (χ1) is 9.65. The van der Waals surface area contributed by atoms with Gasteiger partial charge in [-0.05, 0) is 36.1 Å². The van der Waals surface area contributed by atoms with Gasteiger partial charge in [0.1, 0.15) is 6.04 Å². The third-order valence-corrected chi connectivity index (χ3v) is 3.81. The fourth-order valence-electron chi connectivity index (χ4n) is 2.46. The van der Waals surface area contributed by atoms with Crippen molar-refractivity contribution in [3.8, 4) is 0 Å². The monoisotopic (exact) mass is 295 g/mol. The van der Waals surface area contributed by atoms with Crippen LogP contribution in [0.5, 0.6) is 0 Å². The predicted molar refractivity (Wildman–Crippen MR) is 77.0 cm³/mol. The van der Waals surface area contributed by atoms with Crippen LogP contribution in [0.3, 0.4) is 0 Å². The number of hydrogen-bond donors (Lipinski definition) is 2. The largest absolute Gasteiger partial charge is 0.350 e. The number of likely N-dealkylation sites (tertiary alicyclic amines) is 1. The van der Waals surface area contributed by atoms with Gasteiger partial charge in [-0.15, -0.1) is 0 Å². The zero-order valence-corrected chi connectivity index (χ0v) is 11.9. The normalized spacial score (nSPS) is 18.1. The van der Waals surface area contributed by atoms with Crippen LogP contribution in [0.1, 0.15) is 24.0 Å². The molecule has 0 radical (unpaired) electrons. The van der Waals surface area contributed by atoms with Gasteiger partial charge in [0, 0.05) is 24.7 Å². The molecule has 5 nitrogen and oxygen atoms in total. The predicted octanol–water partition coefficient (Wildman–Crippen LogP) is 1.04. The lowest BCUT2D eigenvalue weighted by Gasteiger charge is -2.19. The molecule has 3 N–H and O–H groups in total. The van der Waals surface area contributed by atoms with Crippen molar-refractivity contribution >= 4 is 23.9 Å². The third-order valence-electron chi connectivity index (χ3n) is 3.57. The van der Waals surface area contributed by atoms with Crippen LogP contribution in [0.4, 0.5) is 0 Å². The van der Waals surface area contributed by atoms with Gasteiger partial charge in [0.2, 0.25) is 12.3 Å². The topological polar surface area (TPSA) is 75.4 Å². The number of nitrogens with one attached hydrogen (secondary N) is 1. The average Bonchev–Trinajstić information content (AvgIpc) is 2.93. The molecule has 108 valence electrons. The Balaban J connectivity index is 1.99. The second kappa shape index (κ2) is 6.72. The summed E-state index contributed by atoms with van der Waals surface area (Å²) in [4.78, 5) is 24.5. The maximum Gasteiger partial charge on any atom is 0.243 e. The first kappa shape index (κ1) is 14.8. The molecule has 1 heterocycles. The lowest BCUT2D eigenvalue weighted by Crippen LogP contribution is -2.42. The molecular formula is C14H18ClN3O2. The van der Waals surface area contributed by atoms with Crippen molar-refractivity contribution in [3.63, 3.8) is 0 Å². The van der Waals surface area contributed by atoms with Crippen LogP contribution >= 0.6 is 11.6 Å². The lowest BCUT2D eigenvalue weighted by molar-refractivity contribution is -0.131. The van der Waals surface area contributed by atoms with E-state index in [4.69, 9.17) is 17.3 Å². The molecule has 0 saturated carbocycles. The fourth-order valence-corrected chi connectivity index (χ4v) is 2.65. The van der Waals surface area contributed by atoms with Gasteiger partial charge in [0.15, 0.2) is 0 Å². The number of carbonyl (C=O) groups excluding carboxylic acids is 2. The van der Waals surface area contributed by atoms with Crippen molar-refractivity contribution in [1.82, 2.24) is 10.2 Å². The lowest BCUT2D eigenvalue weighted by atomic mass is 10.1. The van der Waals surface area contributed by atoms with Crippen molar-refractivity contribution < 1.29 is 9.59 Å². The molecular weight excluding hydrogens is 278 g/mol. The summed E-state index contributed by atoms with van der Waals surface area (Å²) in [6.07, 6.45) is 2.31. The number of carbonyl (C=O) groups is 2. The molecule has 1 aromatic carbocycles. The standard InChI is InChI=1S/C14H18ClN3O2/c15-12-4-3-10(7-16)11(6-12)8-17-14(20)13-2-1-5-18(13)9-19/h3-4,6,9,13H,1-2,5,7-8,16H2,(H,17,20)/t13-/m0/s1. The van der Waals surface area contributed by atoms with E-state index >= 15 is 0 Å². The average molecular weight is 296 g/mol. The van der Waals surface area contributed by atoms with Crippen LogP contribution in [-0.4, -0.2) is 29.8 Å². The highest BCUT2D eigenvalue weighted by molar-refractivity contribution is 6.30. The van der Waals surface area contributed by atoms with E-state index in [2.05, 4.69) is 5.32 Å². The highest BCUT2D eigenvalue weighted by Gasteiger charge is 2.29. The van der Waals surface area contributed by atoms with Gasteiger partial charge in [-0.1, -0.05) is 17.7 Å². The Kier molecular flexibility index (Phi) is 4.98. The molecule has 1 saturated heterocycles. The molecule has 0 aliphatic carbocycles. The van der Waals surface area contributed by atoms with Gasteiger partial charge < -0.3 is 16.0 Å². The van der Waals surface area contributed by atoms with Crippen molar-refractivity contribution in [1.29, 1.82) is 0 Å². The Labute approximate surface area is 123 Å². The highest BCUT2D eigenvalue weighted by atomic mass is 35.5. The summed E-state index contributed by atoms with van der Waals surface area (Å²) in [7, 11) is 0. The summed E-state index contributed by atoms with van der Waals surface area (Å²) >= 11 is 5.95. The van der Waals surface area contributed by atoms with Crippen molar-refractivity contribution in [2.24, 2.45) is 5.73 Å². The molecule has 1 aliphatic rings. The van der Waals surface area contributed by atoms with Gasteiger partial charge in [0.05, 0.1) is 0 Å². The van der Waals surface area contributed by atoms with Gasteiger partial charge >= 0.3 is 0 Å². The van der Waals surface area contributed by atoms with E-state index in [1.807, 2.05) is 6.07 Å². The maximum absolute atomic E-state index is 12.1. The maximum atomic E-state index is 12.1. The van der Waals surface area contributed by atoms with Crippen molar-refractivity contribution in [2.75, 3.05) is 6.54 Å². The van der Waals surface area contributed by atoms with E-state index in [9.17, 15) is 9.59 Å². The van der Waals surface area contributed by atoms with Crippen LogP contribution in [-0.2, 0) is 22.7 Å². The Morgan fingerprint density at radius 1 is 1.50 bits per heavy atom. The Morgan fingerprint density at radius 3 is 3.00 bits per heavy atom. The summed E-state index contributed by atoms with van der Waals surface area (Å²) in [5.41, 5.74) is 7.52. The molecule has 6 heteroatoms. The minimum atomic E-state index is -0.354. The molecule has 0 unspecified atom stereocenters. The van der Waals surface area contributed by atoms with Crippen LogP contribution in [0.2, 0.25) is 5.02 Å². The van der Waals surface area contributed by atoms with Gasteiger partial charge in [-0.3, -0.25) is 9.59 Å². The number of hydrogen-bond acceptors (Lipinski definition) is 3. The molecule has 0 bridgehead atoms. The van der Waals surface area contributed by atoms with Crippen molar-refractivity contribution in [2.45, 2.75) is 32.0 Å². The van der Waals surface area contributed by atoms with E-state index in [1.54, 1.807) is 12.1 Å². The number of amides is 2. The molecule has 0 spiro atoms. The number of rotatable bonds is 5.